The number of benzene rings is 4. The number of aryl methyl sites for hydroxylation is 2. The Bertz CT molecular complexity index is 1710. The Morgan fingerprint density at radius 1 is 0.860 bits per heavy atom. The number of nitrogens with one attached hydrogen (secondary N) is 1. The summed E-state index contributed by atoms with van der Waals surface area (Å²) in [6.07, 6.45) is -3.75. The fraction of sp³-hybridized carbons (Fsp3) is 0.188. The SMILES string of the molecule is COc1ccc(CCOc2ccc(CCn3c(C(F)(F)F)nc4cc(NC(=O)c5c(F)cccc5F)ccc43)cc2)cc1. The number of halogens is 5. The molecular weight excluding hydrogens is 569 g/mol. The molecule has 1 N–H and O–H groups in total. The third-order valence-electron chi connectivity index (χ3n) is 6.82. The van der Waals surface area contributed by atoms with Crippen LogP contribution in [-0.2, 0) is 25.6 Å². The van der Waals surface area contributed by atoms with Gasteiger partial charge >= 0.3 is 6.18 Å². The number of ether oxygens (including phenoxy) is 2. The molecule has 0 aliphatic heterocycles. The van der Waals surface area contributed by atoms with Gasteiger partial charge in [-0.3, -0.25) is 4.79 Å². The predicted octanol–water partition coefficient (Wildman–Crippen LogP) is 7.46. The van der Waals surface area contributed by atoms with Crippen LogP contribution in [0.15, 0.2) is 84.9 Å². The number of carbonyl (C=O) groups is 1. The van der Waals surface area contributed by atoms with Gasteiger partial charge in [-0.1, -0.05) is 30.3 Å². The van der Waals surface area contributed by atoms with Crippen LogP contribution in [0, 0.1) is 11.6 Å². The number of fused-ring (bicyclic) bond motifs is 1. The Morgan fingerprint density at radius 2 is 1.49 bits per heavy atom. The number of rotatable bonds is 10. The summed E-state index contributed by atoms with van der Waals surface area (Å²) < 4.78 is 81.7. The highest BCUT2D eigenvalue weighted by molar-refractivity contribution is 6.05. The van der Waals surface area contributed by atoms with Crippen LogP contribution < -0.4 is 14.8 Å². The van der Waals surface area contributed by atoms with Gasteiger partial charge in [-0.25, -0.2) is 13.8 Å². The van der Waals surface area contributed by atoms with Crippen molar-refractivity contribution in [3.05, 3.63) is 119 Å². The van der Waals surface area contributed by atoms with E-state index in [2.05, 4.69) is 10.3 Å². The van der Waals surface area contributed by atoms with E-state index in [-0.39, 0.29) is 29.7 Å². The zero-order chi connectivity index (χ0) is 30.6. The van der Waals surface area contributed by atoms with E-state index < -0.39 is 35.1 Å². The van der Waals surface area contributed by atoms with Crippen molar-refractivity contribution in [3.8, 4) is 11.5 Å². The smallest absolute Gasteiger partial charge is 0.449 e. The lowest BCUT2D eigenvalue weighted by Gasteiger charge is -2.12. The molecule has 43 heavy (non-hydrogen) atoms. The van der Waals surface area contributed by atoms with Crippen molar-refractivity contribution >= 4 is 22.6 Å². The standard InChI is InChI=1S/C32H26F5N3O3/c1-42-23-10-5-21(6-11-23)16-18-43-24-12-7-20(8-13-24)15-17-40-28-14-9-22(19-27(28)39-31(40)32(35,36)37)38-30(41)29-25(33)3-2-4-26(29)34/h2-14,19H,15-18H2,1H3,(H,38,41). The summed E-state index contributed by atoms with van der Waals surface area (Å²) in [5.41, 5.74) is 1.31. The van der Waals surface area contributed by atoms with Crippen molar-refractivity contribution in [3.63, 3.8) is 0 Å². The minimum Gasteiger partial charge on any atom is -0.497 e. The monoisotopic (exact) mass is 595 g/mol. The number of hydrogen-bond donors (Lipinski definition) is 1. The van der Waals surface area contributed by atoms with Crippen LogP contribution in [0.1, 0.15) is 27.3 Å². The third-order valence-corrected chi connectivity index (χ3v) is 6.82. The van der Waals surface area contributed by atoms with E-state index in [4.69, 9.17) is 9.47 Å². The van der Waals surface area contributed by atoms with Gasteiger partial charge in [0.25, 0.3) is 5.91 Å². The number of nitrogens with zero attached hydrogens (tertiary/aromatic N) is 2. The number of alkyl halides is 3. The molecule has 0 saturated carbocycles. The van der Waals surface area contributed by atoms with Gasteiger partial charge in [-0.2, -0.15) is 13.2 Å². The van der Waals surface area contributed by atoms with Crippen LogP contribution in [0.25, 0.3) is 11.0 Å². The van der Waals surface area contributed by atoms with Crippen molar-refractivity contribution in [2.45, 2.75) is 25.6 Å². The largest absolute Gasteiger partial charge is 0.497 e. The van der Waals surface area contributed by atoms with E-state index in [1.54, 1.807) is 31.4 Å². The fourth-order valence-electron chi connectivity index (χ4n) is 4.63. The molecule has 0 aliphatic rings. The van der Waals surface area contributed by atoms with Gasteiger partial charge in [-0.15, -0.1) is 0 Å². The Labute approximate surface area is 243 Å². The molecular formula is C32H26F5N3O3. The van der Waals surface area contributed by atoms with Crippen molar-refractivity contribution < 1.29 is 36.2 Å². The highest BCUT2D eigenvalue weighted by Gasteiger charge is 2.37. The van der Waals surface area contributed by atoms with Crippen LogP contribution in [-0.4, -0.2) is 29.2 Å². The molecule has 11 heteroatoms. The van der Waals surface area contributed by atoms with Crippen molar-refractivity contribution in [2.24, 2.45) is 0 Å². The second-order valence-corrected chi connectivity index (χ2v) is 9.68. The van der Waals surface area contributed by atoms with Crippen LogP contribution in [0.5, 0.6) is 11.5 Å². The first kappa shape index (κ1) is 29.6. The van der Waals surface area contributed by atoms with Crippen molar-refractivity contribution in [2.75, 3.05) is 19.0 Å². The first-order chi connectivity index (χ1) is 20.6. The number of anilines is 1. The maximum absolute atomic E-state index is 14.0. The summed E-state index contributed by atoms with van der Waals surface area (Å²) in [6.45, 7) is 0.439. The summed E-state index contributed by atoms with van der Waals surface area (Å²) in [5.74, 6) is -2.86. The van der Waals surface area contributed by atoms with E-state index in [9.17, 15) is 26.7 Å². The second-order valence-electron chi connectivity index (χ2n) is 9.68. The Morgan fingerprint density at radius 3 is 2.12 bits per heavy atom. The summed E-state index contributed by atoms with van der Waals surface area (Å²) in [6, 6.07) is 21.8. The highest BCUT2D eigenvalue weighted by atomic mass is 19.4. The Balaban J connectivity index is 1.26. The van der Waals surface area contributed by atoms with Gasteiger partial charge in [0.1, 0.15) is 28.7 Å². The molecule has 222 valence electrons. The number of amides is 1. The zero-order valence-corrected chi connectivity index (χ0v) is 22.9. The van der Waals surface area contributed by atoms with Crippen molar-refractivity contribution in [1.82, 2.24) is 9.55 Å². The van der Waals surface area contributed by atoms with Crippen LogP contribution in [0.2, 0.25) is 0 Å². The molecule has 5 aromatic rings. The lowest BCUT2D eigenvalue weighted by Crippen LogP contribution is -2.16. The average Bonchev–Trinajstić information content (AvgIpc) is 3.35. The molecule has 0 spiro atoms. The molecule has 0 aliphatic carbocycles. The van der Waals surface area contributed by atoms with Crippen LogP contribution in [0.4, 0.5) is 27.6 Å². The first-order valence-corrected chi connectivity index (χ1v) is 13.3. The molecule has 1 amide bonds. The lowest BCUT2D eigenvalue weighted by molar-refractivity contribution is -0.146. The number of carbonyl (C=O) groups excluding carboxylic acids is 1. The molecule has 0 atom stereocenters. The molecule has 1 heterocycles. The number of methoxy groups -OCH3 is 1. The normalized spacial score (nSPS) is 11.5. The van der Waals surface area contributed by atoms with Gasteiger partial charge in [0, 0.05) is 18.7 Å². The summed E-state index contributed by atoms with van der Waals surface area (Å²) >= 11 is 0. The van der Waals surface area contributed by atoms with E-state index in [0.717, 1.165) is 39.6 Å². The predicted molar refractivity (Wildman–Crippen MR) is 151 cm³/mol. The molecule has 0 bridgehead atoms. The summed E-state index contributed by atoms with van der Waals surface area (Å²) in [4.78, 5) is 16.2. The Kier molecular flexibility index (Phi) is 8.61. The number of imidazole rings is 1. The molecule has 0 radical (unpaired) electrons. The average molecular weight is 596 g/mol. The first-order valence-electron chi connectivity index (χ1n) is 13.3. The fourth-order valence-corrected chi connectivity index (χ4v) is 4.63. The topological polar surface area (TPSA) is 65.4 Å². The Hall–Kier alpha value is -4.93. The van der Waals surface area contributed by atoms with E-state index in [1.165, 1.54) is 18.2 Å². The molecule has 0 unspecified atom stereocenters. The molecule has 0 saturated heterocycles. The van der Waals surface area contributed by atoms with Gasteiger partial charge in [0.15, 0.2) is 0 Å². The maximum atomic E-state index is 14.0. The summed E-state index contributed by atoms with van der Waals surface area (Å²) in [5, 5.41) is 2.32. The second kappa shape index (κ2) is 12.5. The van der Waals surface area contributed by atoms with Gasteiger partial charge < -0.3 is 19.4 Å². The molecule has 0 fully saturated rings. The van der Waals surface area contributed by atoms with Crippen LogP contribution >= 0.6 is 0 Å². The molecule has 6 nitrogen and oxygen atoms in total. The zero-order valence-electron chi connectivity index (χ0n) is 22.9. The van der Waals surface area contributed by atoms with Crippen LogP contribution in [0.3, 0.4) is 0 Å². The molecule has 1 aromatic heterocycles. The minimum absolute atomic E-state index is 0.0187. The van der Waals surface area contributed by atoms with Crippen molar-refractivity contribution in [1.29, 1.82) is 0 Å². The quantitative estimate of drug-likeness (QED) is 0.170. The highest BCUT2D eigenvalue weighted by Crippen LogP contribution is 2.33. The number of aromatic nitrogens is 2. The number of hydrogen-bond acceptors (Lipinski definition) is 4. The third kappa shape index (κ3) is 6.94. The van der Waals surface area contributed by atoms with E-state index in [0.29, 0.717) is 18.8 Å². The maximum Gasteiger partial charge on any atom is 0.449 e. The van der Waals surface area contributed by atoms with Gasteiger partial charge in [0.2, 0.25) is 5.82 Å². The molecule has 4 aromatic carbocycles. The van der Waals surface area contributed by atoms with E-state index in [1.807, 2.05) is 24.3 Å². The molecule has 5 rings (SSSR count). The lowest BCUT2D eigenvalue weighted by atomic mass is 10.1. The summed E-state index contributed by atoms with van der Waals surface area (Å²) in [7, 11) is 1.61. The minimum atomic E-state index is -4.74. The van der Waals surface area contributed by atoms with Gasteiger partial charge in [-0.05, 0) is 72.1 Å². The van der Waals surface area contributed by atoms with Gasteiger partial charge in [0.05, 0.1) is 24.8 Å². The van der Waals surface area contributed by atoms with E-state index >= 15 is 0 Å².